The summed E-state index contributed by atoms with van der Waals surface area (Å²) in [5.41, 5.74) is 0.855. The lowest BCUT2D eigenvalue weighted by Gasteiger charge is -2.20. The van der Waals surface area contributed by atoms with Crippen molar-refractivity contribution in [3.05, 3.63) is 19.9 Å². The molecule has 1 heterocycles. The van der Waals surface area contributed by atoms with Crippen LogP contribution in [0.15, 0.2) is 10.7 Å². The standard InChI is InChI=1S/C9H11BrINO/c1-9(2,3)5-4-6(11)12-8(10)7(5)13/h4,13H,1-3H3. The highest BCUT2D eigenvalue weighted by atomic mass is 127. The number of hydrogen-bond donors (Lipinski definition) is 1. The van der Waals surface area contributed by atoms with Crippen LogP contribution >= 0.6 is 38.5 Å². The van der Waals surface area contributed by atoms with Gasteiger partial charge in [-0.15, -0.1) is 0 Å². The molecule has 0 fully saturated rings. The zero-order valence-corrected chi connectivity index (χ0v) is 11.5. The second-order valence-electron chi connectivity index (χ2n) is 3.88. The van der Waals surface area contributed by atoms with Gasteiger partial charge in [-0.3, -0.25) is 0 Å². The number of pyridine rings is 1. The Morgan fingerprint density at radius 1 is 1.46 bits per heavy atom. The van der Waals surface area contributed by atoms with E-state index in [4.69, 9.17) is 0 Å². The summed E-state index contributed by atoms with van der Waals surface area (Å²) in [5.74, 6) is 0.243. The molecule has 1 rings (SSSR count). The molecule has 1 N–H and O–H groups in total. The molecule has 1 aromatic heterocycles. The van der Waals surface area contributed by atoms with Crippen molar-refractivity contribution in [1.82, 2.24) is 4.98 Å². The van der Waals surface area contributed by atoms with Gasteiger partial charge in [-0.05, 0) is 50.0 Å². The summed E-state index contributed by atoms with van der Waals surface area (Å²) in [5, 5.41) is 9.74. The Hall–Kier alpha value is 0.160. The first-order valence-electron chi connectivity index (χ1n) is 3.88. The van der Waals surface area contributed by atoms with Crippen molar-refractivity contribution in [3.63, 3.8) is 0 Å². The van der Waals surface area contributed by atoms with Gasteiger partial charge in [-0.1, -0.05) is 20.8 Å². The van der Waals surface area contributed by atoms with E-state index in [1.165, 1.54) is 0 Å². The first-order valence-corrected chi connectivity index (χ1v) is 5.75. The number of hydrogen-bond acceptors (Lipinski definition) is 2. The zero-order valence-electron chi connectivity index (χ0n) is 7.73. The van der Waals surface area contributed by atoms with Gasteiger partial charge in [0.25, 0.3) is 0 Å². The van der Waals surface area contributed by atoms with E-state index in [9.17, 15) is 5.11 Å². The van der Waals surface area contributed by atoms with E-state index in [-0.39, 0.29) is 11.2 Å². The molecule has 13 heavy (non-hydrogen) atoms. The molecule has 4 heteroatoms. The predicted octanol–water partition coefficient (Wildman–Crippen LogP) is 3.45. The van der Waals surface area contributed by atoms with Crippen molar-refractivity contribution < 1.29 is 5.11 Å². The molecule has 0 spiro atoms. The average molecular weight is 356 g/mol. The maximum Gasteiger partial charge on any atom is 0.152 e. The maximum absolute atomic E-state index is 9.74. The van der Waals surface area contributed by atoms with Crippen LogP contribution in [0.1, 0.15) is 26.3 Å². The molecule has 0 aromatic carbocycles. The average Bonchev–Trinajstić information content (AvgIpc) is 1.94. The van der Waals surface area contributed by atoms with E-state index in [0.717, 1.165) is 9.26 Å². The number of aromatic nitrogens is 1. The molecule has 0 bridgehead atoms. The minimum atomic E-state index is -0.0601. The number of aromatic hydroxyl groups is 1. The monoisotopic (exact) mass is 355 g/mol. The van der Waals surface area contributed by atoms with Gasteiger partial charge in [-0.2, -0.15) is 0 Å². The summed E-state index contributed by atoms with van der Waals surface area (Å²) in [6.07, 6.45) is 0. The lowest BCUT2D eigenvalue weighted by molar-refractivity contribution is 0.439. The fourth-order valence-corrected chi connectivity index (χ4v) is 2.34. The van der Waals surface area contributed by atoms with Crippen LogP contribution < -0.4 is 0 Å². The summed E-state index contributed by atoms with van der Waals surface area (Å²) in [6, 6.07) is 1.90. The largest absolute Gasteiger partial charge is 0.505 e. The Morgan fingerprint density at radius 3 is 2.46 bits per heavy atom. The summed E-state index contributed by atoms with van der Waals surface area (Å²) in [7, 11) is 0. The van der Waals surface area contributed by atoms with E-state index in [1.54, 1.807) is 0 Å². The van der Waals surface area contributed by atoms with Gasteiger partial charge in [0.1, 0.15) is 8.30 Å². The van der Waals surface area contributed by atoms with E-state index in [0.29, 0.717) is 4.60 Å². The summed E-state index contributed by atoms with van der Waals surface area (Å²) >= 11 is 5.36. The lowest BCUT2D eigenvalue weighted by atomic mass is 9.87. The molecule has 0 aliphatic heterocycles. The topological polar surface area (TPSA) is 33.1 Å². The van der Waals surface area contributed by atoms with Crippen LogP contribution in [-0.2, 0) is 5.41 Å². The van der Waals surface area contributed by atoms with Crippen molar-refractivity contribution in [3.8, 4) is 5.75 Å². The Balaban J connectivity index is 3.37. The summed E-state index contributed by atoms with van der Waals surface area (Å²) in [6.45, 7) is 6.18. The third kappa shape index (κ3) is 2.56. The third-order valence-corrected chi connectivity index (χ3v) is 2.83. The number of halogens is 2. The van der Waals surface area contributed by atoms with Crippen LogP contribution in [0.3, 0.4) is 0 Å². The van der Waals surface area contributed by atoms with Crippen molar-refractivity contribution >= 4 is 38.5 Å². The molecule has 0 atom stereocenters. The van der Waals surface area contributed by atoms with E-state index >= 15 is 0 Å². The molecular formula is C9H11BrINO. The fraction of sp³-hybridized carbons (Fsp3) is 0.444. The van der Waals surface area contributed by atoms with Crippen molar-refractivity contribution in [2.75, 3.05) is 0 Å². The van der Waals surface area contributed by atoms with Crippen LogP contribution in [0.5, 0.6) is 5.75 Å². The molecular weight excluding hydrogens is 345 g/mol. The molecule has 0 aliphatic rings. The molecule has 2 nitrogen and oxygen atoms in total. The second-order valence-corrected chi connectivity index (χ2v) is 5.74. The molecule has 72 valence electrons. The molecule has 0 amide bonds. The Morgan fingerprint density at radius 2 is 2.00 bits per heavy atom. The second kappa shape index (κ2) is 3.73. The quantitative estimate of drug-likeness (QED) is 0.571. The minimum absolute atomic E-state index is 0.0601. The Bertz CT molecular complexity index is 333. The van der Waals surface area contributed by atoms with Crippen molar-refractivity contribution in [1.29, 1.82) is 0 Å². The first-order chi connectivity index (χ1) is 5.82. The fourth-order valence-electron chi connectivity index (χ4n) is 1.05. The first kappa shape index (κ1) is 11.2. The van der Waals surface area contributed by atoms with Crippen molar-refractivity contribution in [2.24, 2.45) is 0 Å². The summed E-state index contributed by atoms with van der Waals surface area (Å²) in [4.78, 5) is 4.10. The van der Waals surface area contributed by atoms with E-state index < -0.39 is 0 Å². The summed E-state index contributed by atoms with van der Waals surface area (Å²) < 4.78 is 1.40. The van der Waals surface area contributed by atoms with Gasteiger partial charge in [-0.25, -0.2) is 4.98 Å². The van der Waals surface area contributed by atoms with Crippen LogP contribution in [0.2, 0.25) is 0 Å². The molecule has 0 aliphatic carbocycles. The highest BCUT2D eigenvalue weighted by Gasteiger charge is 2.20. The number of rotatable bonds is 0. The molecule has 1 aromatic rings. The SMILES string of the molecule is CC(C)(C)c1cc(I)nc(Br)c1O. The van der Waals surface area contributed by atoms with Gasteiger partial charge in [0.2, 0.25) is 0 Å². The van der Waals surface area contributed by atoms with E-state index in [2.05, 4.69) is 64.3 Å². The van der Waals surface area contributed by atoms with Gasteiger partial charge < -0.3 is 5.11 Å². The Kier molecular flexibility index (Phi) is 3.22. The minimum Gasteiger partial charge on any atom is -0.505 e. The van der Waals surface area contributed by atoms with Crippen LogP contribution in [-0.4, -0.2) is 10.1 Å². The Labute approximate surface area is 100 Å². The number of nitrogens with zero attached hydrogens (tertiary/aromatic N) is 1. The molecule has 0 saturated carbocycles. The molecule has 0 radical (unpaired) electrons. The zero-order chi connectivity index (χ0) is 10.2. The normalized spacial score (nSPS) is 11.8. The van der Waals surface area contributed by atoms with Gasteiger partial charge >= 0.3 is 0 Å². The third-order valence-electron chi connectivity index (χ3n) is 1.73. The van der Waals surface area contributed by atoms with Crippen LogP contribution in [0.4, 0.5) is 0 Å². The van der Waals surface area contributed by atoms with Crippen LogP contribution in [0, 0.1) is 3.70 Å². The maximum atomic E-state index is 9.74. The van der Waals surface area contributed by atoms with Gasteiger partial charge in [0.05, 0.1) is 0 Å². The van der Waals surface area contributed by atoms with Gasteiger partial charge in [0, 0.05) is 5.56 Å². The molecule has 0 saturated heterocycles. The van der Waals surface area contributed by atoms with Crippen LogP contribution in [0.25, 0.3) is 0 Å². The lowest BCUT2D eigenvalue weighted by Crippen LogP contribution is -2.12. The van der Waals surface area contributed by atoms with Crippen molar-refractivity contribution in [2.45, 2.75) is 26.2 Å². The van der Waals surface area contributed by atoms with E-state index in [1.807, 2.05) is 6.07 Å². The van der Waals surface area contributed by atoms with Gasteiger partial charge in [0.15, 0.2) is 5.75 Å². The predicted molar refractivity (Wildman–Crippen MR) is 65.0 cm³/mol. The highest BCUT2D eigenvalue weighted by Crippen LogP contribution is 2.35. The highest BCUT2D eigenvalue weighted by molar-refractivity contribution is 14.1. The molecule has 0 unspecified atom stereocenters. The smallest absolute Gasteiger partial charge is 0.152 e.